The largest absolute Gasteiger partial charge is 0.354 e. The van der Waals surface area contributed by atoms with Crippen molar-refractivity contribution in [2.45, 2.75) is 38.8 Å². The highest BCUT2D eigenvalue weighted by Gasteiger charge is 2.33. The van der Waals surface area contributed by atoms with Crippen LogP contribution in [0.5, 0.6) is 0 Å². The molecule has 0 aliphatic heterocycles. The number of unbranched alkanes of at least 4 members (excludes halogenated alkanes) is 1. The third-order valence-electron chi connectivity index (χ3n) is 6.14. The summed E-state index contributed by atoms with van der Waals surface area (Å²) in [4.78, 5) is 28.8. The molecule has 10 heteroatoms. The van der Waals surface area contributed by atoms with Crippen molar-refractivity contribution in [2.75, 3.05) is 23.7 Å². The molecule has 0 fully saturated rings. The van der Waals surface area contributed by atoms with Gasteiger partial charge in [0.15, 0.2) is 0 Å². The van der Waals surface area contributed by atoms with Crippen molar-refractivity contribution in [2.24, 2.45) is 0 Å². The van der Waals surface area contributed by atoms with Gasteiger partial charge >= 0.3 is 0 Å². The monoisotopic (exact) mass is 573 g/mol. The average Bonchev–Trinajstić information content (AvgIpc) is 2.90. The first kappa shape index (κ1) is 30.1. The van der Waals surface area contributed by atoms with E-state index >= 15 is 0 Å². The molecule has 39 heavy (non-hydrogen) atoms. The lowest BCUT2D eigenvalue weighted by Crippen LogP contribution is -2.53. The summed E-state index contributed by atoms with van der Waals surface area (Å²) in [6, 6.07) is 20.2. The Bertz CT molecular complexity index is 1350. The van der Waals surface area contributed by atoms with Crippen molar-refractivity contribution in [3.05, 3.63) is 101 Å². The van der Waals surface area contributed by atoms with Gasteiger partial charge in [0.1, 0.15) is 18.4 Å². The SMILES string of the molecule is CCCCNC(=O)[C@@H](Cc1ccccc1)N(Cc1ccc(F)cc1)C(=O)CN(c1cccc(Cl)c1)S(C)(=O)=O. The Morgan fingerprint density at radius 1 is 0.974 bits per heavy atom. The summed E-state index contributed by atoms with van der Waals surface area (Å²) in [5, 5.41) is 3.23. The lowest BCUT2D eigenvalue weighted by molar-refractivity contribution is -0.140. The van der Waals surface area contributed by atoms with E-state index in [1.807, 2.05) is 37.3 Å². The summed E-state index contributed by atoms with van der Waals surface area (Å²) in [5.74, 6) is -1.37. The predicted octanol–water partition coefficient (Wildman–Crippen LogP) is 4.80. The van der Waals surface area contributed by atoms with Gasteiger partial charge in [-0.25, -0.2) is 12.8 Å². The summed E-state index contributed by atoms with van der Waals surface area (Å²) >= 11 is 6.10. The highest BCUT2D eigenvalue weighted by molar-refractivity contribution is 7.92. The van der Waals surface area contributed by atoms with Crippen LogP contribution in [-0.4, -0.2) is 50.5 Å². The molecule has 0 unspecified atom stereocenters. The number of nitrogens with zero attached hydrogens (tertiary/aromatic N) is 2. The molecule has 7 nitrogen and oxygen atoms in total. The molecule has 0 aliphatic rings. The fraction of sp³-hybridized carbons (Fsp3) is 0.310. The van der Waals surface area contributed by atoms with Crippen molar-refractivity contribution >= 4 is 39.1 Å². The minimum Gasteiger partial charge on any atom is -0.354 e. The Morgan fingerprint density at radius 3 is 2.28 bits per heavy atom. The van der Waals surface area contributed by atoms with Gasteiger partial charge in [-0.05, 0) is 47.9 Å². The standard InChI is InChI=1S/C29H33ClFN3O4S/c1-3-4-17-32-29(36)27(18-22-9-6-5-7-10-22)33(20-23-13-15-25(31)16-14-23)28(35)21-34(39(2,37)38)26-12-8-11-24(30)19-26/h5-16,19,27H,3-4,17-18,20-21H2,1-2H3,(H,32,36)/t27-/m1/s1. The van der Waals surface area contributed by atoms with Gasteiger partial charge in [0.05, 0.1) is 11.9 Å². The van der Waals surface area contributed by atoms with Crippen LogP contribution in [0.2, 0.25) is 5.02 Å². The molecule has 0 radical (unpaired) electrons. The topological polar surface area (TPSA) is 86.8 Å². The van der Waals surface area contributed by atoms with E-state index in [0.29, 0.717) is 17.1 Å². The number of halogens is 2. The van der Waals surface area contributed by atoms with E-state index in [-0.39, 0.29) is 24.6 Å². The van der Waals surface area contributed by atoms with Crippen LogP contribution in [0.3, 0.4) is 0 Å². The van der Waals surface area contributed by atoms with Crippen molar-refractivity contribution in [1.29, 1.82) is 0 Å². The second-order valence-electron chi connectivity index (χ2n) is 9.25. The number of hydrogen-bond acceptors (Lipinski definition) is 4. The maximum atomic E-state index is 13.9. The minimum atomic E-state index is -3.89. The minimum absolute atomic E-state index is 0.0229. The molecule has 1 N–H and O–H groups in total. The van der Waals surface area contributed by atoms with Gasteiger partial charge in [-0.3, -0.25) is 13.9 Å². The molecule has 0 aliphatic carbocycles. The van der Waals surface area contributed by atoms with E-state index in [9.17, 15) is 22.4 Å². The second kappa shape index (κ2) is 14.1. The van der Waals surface area contributed by atoms with Crippen LogP contribution >= 0.6 is 11.6 Å². The molecular formula is C29H33ClFN3O4S. The Morgan fingerprint density at radius 2 is 1.67 bits per heavy atom. The molecule has 3 rings (SSSR count). The van der Waals surface area contributed by atoms with Crippen LogP contribution in [0.25, 0.3) is 0 Å². The summed E-state index contributed by atoms with van der Waals surface area (Å²) < 4.78 is 40.1. The molecule has 208 valence electrons. The highest BCUT2D eigenvalue weighted by atomic mass is 35.5. The maximum absolute atomic E-state index is 13.9. The lowest BCUT2D eigenvalue weighted by atomic mass is 10.0. The summed E-state index contributed by atoms with van der Waals surface area (Å²) in [6.07, 6.45) is 2.86. The number of anilines is 1. The molecule has 0 saturated heterocycles. The lowest BCUT2D eigenvalue weighted by Gasteiger charge is -2.33. The van der Waals surface area contributed by atoms with Crippen LogP contribution in [0.15, 0.2) is 78.9 Å². The first-order chi connectivity index (χ1) is 18.6. The Labute approximate surface area is 234 Å². The van der Waals surface area contributed by atoms with Gasteiger partial charge in [-0.1, -0.05) is 73.5 Å². The Hall–Kier alpha value is -3.43. The van der Waals surface area contributed by atoms with E-state index < -0.39 is 34.3 Å². The van der Waals surface area contributed by atoms with Gasteiger partial charge < -0.3 is 10.2 Å². The molecule has 1 atom stereocenters. The third-order valence-corrected chi connectivity index (χ3v) is 7.52. The smallest absolute Gasteiger partial charge is 0.244 e. The van der Waals surface area contributed by atoms with Crippen molar-refractivity contribution in [1.82, 2.24) is 10.2 Å². The molecule has 2 amide bonds. The van der Waals surface area contributed by atoms with Crippen LogP contribution < -0.4 is 9.62 Å². The van der Waals surface area contributed by atoms with Crippen LogP contribution in [0, 0.1) is 5.82 Å². The summed E-state index contributed by atoms with van der Waals surface area (Å²) in [5.41, 5.74) is 1.66. The number of carbonyl (C=O) groups excluding carboxylic acids is 2. The van der Waals surface area contributed by atoms with E-state index in [1.54, 1.807) is 18.2 Å². The number of sulfonamides is 1. The molecule has 3 aromatic carbocycles. The first-order valence-corrected chi connectivity index (χ1v) is 14.9. The fourth-order valence-electron chi connectivity index (χ4n) is 4.09. The number of amides is 2. The van der Waals surface area contributed by atoms with Gasteiger partial charge in [-0.2, -0.15) is 0 Å². The van der Waals surface area contributed by atoms with Crippen molar-refractivity contribution < 1.29 is 22.4 Å². The van der Waals surface area contributed by atoms with E-state index in [4.69, 9.17) is 11.6 Å². The number of hydrogen-bond donors (Lipinski definition) is 1. The third kappa shape index (κ3) is 9.07. The molecule has 0 bridgehead atoms. The van der Waals surface area contributed by atoms with Gasteiger partial charge in [0, 0.05) is 24.5 Å². The first-order valence-electron chi connectivity index (χ1n) is 12.7. The number of nitrogens with one attached hydrogen (secondary N) is 1. The molecule has 0 heterocycles. The summed E-state index contributed by atoms with van der Waals surface area (Å²) in [7, 11) is -3.89. The molecule has 0 aromatic heterocycles. The number of carbonyl (C=O) groups is 2. The molecule has 0 saturated carbocycles. The molecule has 0 spiro atoms. The van der Waals surface area contributed by atoms with Gasteiger partial charge in [0.2, 0.25) is 21.8 Å². The van der Waals surface area contributed by atoms with E-state index in [0.717, 1.165) is 29.0 Å². The summed E-state index contributed by atoms with van der Waals surface area (Å²) in [6.45, 7) is 1.88. The number of benzene rings is 3. The van der Waals surface area contributed by atoms with Crippen molar-refractivity contribution in [3.8, 4) is 0 Å². The number of rotatable bonds is 13. The van der Waals surface area contributed by atoms with Gasteiger partial charge in [0.25, 0.3) is 0 Å². The maximum Gasteiger partial charge on any atom is 0.244 e. The van der Waals surface area contributed by atoms with Crippen LogP contribution in [0.4, 0.5) is 10.1 Å². The predicted molar refractivity (Wildman–Crippen MR) is 152 cm³/mol. The Kier molecular flexibility index (Phi) is 10.9. The van der Waals surface area contributed by atoms with E-state index in [1.165, 1.54) is 35.2 Å². The zero-order valence-corrected chi connectivity index (χ0v) is 23.6. The van der Waals surface area contributed by atoms with Crippen LogP contribution in [0.1, 0.15) is 30.9 Å². The molecule has 3 aromatic rings. The zero-order chi connectivity index (χ0) is 28.4. The highest BCUT2D eigenvalue weighted by Crippen LogP contribution is 2.23. The quantitative estimate of drug-likeness (QED) is 0.298. The Balaban J connectivity index is 2.02. The van der Waals surface area contributed by atoms with Crippen LogP contribution in [-0.2, 0) is 32.6 Å². The normalized spacial score (nSPS) is 12.0. The van der Waals surface area contributed by atoms with Crippen molar-refractivity contribution in [3.63, 3.8) is 0 Å². The average molecular weight is 574 g/mol. The van der Waals surface area contributed by atoms with Gasteiger partial charge in [-0.15, -0.1) is 0 Å². The second-order valence-corrected chi connectivity index (χ2v) is 11.6. The van der Waals surface area contributed by atoms with E-state index in [2.05, 4.69) is 5.32 Å². The fourth-order valence-corrected chi connectivity index (χ4v) is 5.12. The zero-order valence-electron chi connectivity index (χ0n) is 22.0. The molecular weight excluding hydrogens is 541 g/mol.